The Labute approximate surface area is 227 Å². The smallest absolute Gasteiger partial charge is 0.273 e. The lowest BCUT2D eigenvalue weighted by Gasteiger charge is -2.32. The van der Waals surface area contributed by atoms with Crippen molar-refractivity contribution in [3.05, 3.63) is 69.7 Å². The van der Waals surface area contributed by atoms with Crippen LogP contribution in [-0.2, 0) is 4.79 Å². The van der Waals surface area contributed by atoms with Crippen LogP contribution in [0.5, 0.6) is 0 Å². The summed E-state index contributed by atoms with van der Waals surface area (Å²) in [5.74, 6) is -1.62. The van der Waals surface area contributed by atoms with E-state index >= 15 is 0 Å². The lowest BCUT2D eigenvalue weighted by atomic mass is 10.00. The van der Waals surface area contributed by atoms with Gasteiger partial charge < -0.3 is 21.7 Å². The predicted octanol–water partition coefficient (Wildman–Crippen LogP) is 3.95. The predicted molar refractivity (Wildman–Crippen MR) is 152 cm³/mol. The monoisotopic (exact) mass is 534 g/mol. The Kier molecular flexibility index (Phi) is 8.01. The number of rotatable bonds is 8. The Bertz CT molecular complexity index is 1350. The summed E-state index contributed by atoms with van der Waals surface area (Å²) < 4.78 is 4.02. The molecule has 2 aromatic carbocycles. The number of hydrogen-bond donors (Lipinski definition) is 3. The minimum Gasteiger partial charge on any atom is -0.395 e. The zero-order chi connectivity index (χ0) is 27.6. The number of nitrogens with one attached hydrogen (secondary N) is 1. The topological polar surface area (TPSA) is 135 Å². The van der Waals surface area contributed by atoms with Crippen molar-refractivity contribution >= 4 is 46.3 Å². The van der Waals surface area contributed by atoms with Gasteiger partial charge in [-0.3, -0.25) is 19.3 Å². The van der Waals surface area contributed by atoms with Crippen LogP contribution in [0.4, 0.5) is 17.1 Å². The van der Waals surface area contributed by atoms with Crippen molar-refractivity contribution in [3.8, 4) is 0 Å². The van der Waals surface area contributed by atoms with Gasteiger partial charge in [-0.05, 0) is 79.2 Å². The first-order valence-electron chi connectivity index (χ1n) is 12.6. The molecule has 0 saturated heterocycles. The van der Waals surface area contributed by atoms with E-state index in [1.165, 1.54) is 4.90 Å². The molecule has 3 amide bonds. The summed E-state index contributed by atoms with van der Waals surface area (Å²) in [5, 5.41) is 3.17. The highest BCUT2D eigenvalue weighted by Gasteiger charge is 2.37. The van der Waals surface area contributed by atoms with Crippen molar-refractivity contribution in [2.45, 2.75) is 51.6 Å². The van der Waals surface area contributed by atoms with Gasteiger partial charge in [-0.15, -0.1) is 0 Å². The van der Waals surface area contributed by atoms with E-state index in [1.54, 1.807) is 0 Å². The summed E-state index contributed by atoms with van der Waals surface area (Å²) in [6, 6.07) is 12.2. The van der Waals surface area contributed by atoms with Crippen molar-refractivity contribution in [2.75, 3.05) is 29.6 Å². The Morgan fingerprint density at radius 2 is 1.63 bits per heavy atom. The largest absolute Gasteiger partial charge is 0.395 e. The minimum absolute atomic E-state index is 0.0534. The maximum Gasteiger partial charge on any atom is 0.273 e. The van der Waals surface area contributed by atoms with Crippen molar-refractivity contribution in [3.63, 3.8) is 0 Å². The normalized spacial score (nSPS) is 14.2. The summed E-state index contributed by atoms with van der Waals surface area (Å²) in [6.45, 7) is 3.93. The van der Waals surface area contributed by atoms with Crippen LogP contribution in [0.15, 0.2) is 42.5 Å². The fourth-order valence-electron chi connectivity index (χ4n) is 4.72. The maximum absolute atomic E-state index is 14.2. The van der Waals surface area contributed by atoms with Crippen LogP contribution in [0.25, 0.3) is 0 Å². The summed E-state index contributed by atoms with van der Waals surface area (Å²) >= 11 is 0.801. The third kappa shape index (κ3) is 5.50. The molecule has 4 rings (SSSR count). The van der Waals surface area contributed by atoms with Gasteiger partial charge in [0.25, 0.3) is 11.8 Å². The van der Waals surface area contributed by atoms with Crippen molar-refractivity contribution in [2.24, 2.45) is 5.73 Å². The van der Waals surface area contributed by atoms with Gasteiger partial charge >= 0.3 is 0 Å². The van der Waals surface area contributed by atoms with Gasteiger partial charge in [-0.2, -0.15) is 4.37 Å². The van der Waals surface area contributed by atoms with E-state index in [0.29, 0.717) is 11.3 Å². The number of hydrogen-bond acceptors (Lipinski definition) is 7. The van der Waals surface area contributed by atoms with Gasteiger partial charge in [0.1, 0.15) is 10.9 Å². The number of primary amides is 1. The van der Waals surface area contributed by atoms with Crippen LogP contribution in [0.1, 0.15) is 68.6 Å². The van der Waals surface area contributed by atoms with Gasteiger partial charge in [0, 0.05) is 31.5 Å². The molecule has 1 aliphatic carbocycles. The van der Waals surface area contributed by atoms with E-state index < -0.39 is 17.9 Å². The van der Waals surface area contributed by atoms with Crippen LogP contribution in [0, 0.1) is 13.8 Å². The summed E-state index contributed by atoms with van der Waals surface area (Å²) in [4.78, 5) is 43.5. The van der Waals surface area contributed by atoms with Crippen LogP contribution in [-0.4, -0.2) is 42.2 Å². The Morgan fingerprint density at radius 3 is 2.18 bits per heavy atom. The zero-order valence-corrected chi connectivity index (χ0v) is 23.0. The first-order valence-corrected chi connectivity index (χ1v) is 13.4. The molecule has 1 fully saturated rings. The average Bonchev–Trinajstić information content (AvgIpc) is 3.53. The number of benzene rings is 2. The van der Waals surface area contributed by atoms with Crippen molar-refractivity contribution in [1.82, 2.24) is 9.69 Å². The molecule has 1 heterocycles. The fourth-order valence-corrected chi connectivity index (χ4v) is 5.46. The lowest BCUT2D eigenvalue weighted by Crippen LogP contribution is -2.46. The third-order valence-corrected chi connectivity index (χ3v) is 7.93. The molecule has 1 saturated carbocycles. The maximum atomic E-state index is 14.2. The number of aryl methyl sites for hydroxylation is 2. The molecule has 1 aromatic heterocycles. The van der Waals surface area contributed by atoms with E-state index in [9.17, 15) is 14.4 Å². The van der Waals surface area contributed by atoms with Crippen LogP contribution in [0.3, 0.4) is 0 Å². The molecule has 3 aromatic rings. The molecule has 0 aliphatic heterocycles. The molecule has 38 heavy (non-hydrogen) atoms. The van der Waals surface area contributed by atoms with Gasteiger partial charge in [0.15, 0.2) is 5.69 Å². The average molecular weight is 535 g/mol. The number of nitrogens with two attached hydrogens (primary N) is 2. The van der Waals surface area contributed by atoms with E-state index in [-0.39, 0.29) is 28.2 Å². The SMILES string of the molecule is Cc1ccc(N(C(=O)c2snc(C(N)=O)c2N)[C@H](C(=O)NC2CCCC2)c2ccc(N(C)C)cc2)cc1C. The molecule has 0 unspecified atom stereocenters. The number of nitrogen functional groups attached to an aromatic ring is 1. The standard InChI is InChI=1S/C28H34N6O3S/c1-16-9-12-21(15-17(16)2)34(28(37)25-22(29)23(26(30)35)32-38-25)24(27(36)31-19-7-5-6-8-19)18-10-13-20(14-11-18)33(3)4/h9-15,19,24H,5-8,29H2,1-4H3,(H2,30,35)(H,31,36)/t24-/m0/s1. The highest BCUT2D eigenvalue weighted by atomic mass is 32.1. The summed E-state index contributed by atoms with van der Waals surface area (Å²) in [6.07, 6.45) is 3.92. The molecule has 5 N–H and O–H groups in total. The van der Waals surface area contributed by atoms with Crippen LogP contribution in [0.2, 0.25) is 0 Å². The second-order valence-electron chi connectivity index (χ2n) is 9.96. The molecule has 9 nitrogen and oxygen atoms in total. The number of anilines is 3. The van der Waals surface area contributed by atoms with Gasteiger partial charge in [0.05, 0.1) is 5.69 Å². The Hall–Kier alpha value is -3.92. The minimum atomic E-state index is -0.986. The van der Waals surface area contributed by atoms with Gasteiger partial charge in [0.2, 0.25) is 5.91 Å². The first-order chi connectivity index (χ1) is 18.1. The summed E-state index contributed by atoms with van der Waals surface area (Å²) in [7, 11) is 3.88. The number of carbonyl (C=O) groups is 3. The van der Waals surface area contributed by atoms with Gasteiger partial charge in [-0.1, -0.05) is 31.0 Å². The molecular formula is C28H34N6O3S. The van der Waals surface area contributed by atoms with Crippen molar-refractivity contribution in [1.29, 1.82) is 0 Å². The third-order valence-electron chi connectivity index (χ3n) is 7.08. The second kappa shape index (κ2) is 11.2. The molecule has 0 radical (unpaired) electrons. The number of nitrogens with zero attached hydrogens (tertiary/aromatic N) is 3. The molecular weight excluding hydrogens is 500 g/mol. The van der Waals surface area contributed by atoms with E-state index in [2.05, 4.69) is 9.69 Å². The molecule has 1 aliphatic rings. The first kappa shape index (κ1) is 27.1. The van der Waals surface area contributed by atoms with Crippen molar-refractivity contribution < 1.29 is 14.4 Å². The molecule has 0 spiro atoms. The summed E-state index contributed by atoms with van der Waals surface area (Å²) in [5.41, 5.74) is 15.5. The zero-order valence-electron chi connectivity index (χ0n) is 22.2. The Balaban J connectivity index is 1.87. The van der Waals surface area contributed by atoms with Gasteiger partial charge in [-0.25, -0.2) is 0 Å². The highest BCUT2D eigenvalue weighted by molar-refractivity contribution is 7.09. The number of carbonyl (C=O) groups excluding carboxylic acids is 3. The second-order valence-corrected chi connectivity index (χ2v) is 10.7. The fraction of sp³-hybridized carbons (Fsp3) is 0.357. The lowest BCUT2D eigenvalue weighted by molar-refractivity contribution is -0.123. The molecule has 0 bridgehead atoms. The van der Waals surface area contributed by atoms with Crippen LogP contribution < -0.4 is 26.6 Å². The van der Waals surface area contributed by atoms with E-state index in [0.717, 1.165) is 54.0 Å². The molecule has 1 atom stereocenters. The van der Waals surface area contributed by atoms with Crippen LogP contribution >= 0.6 is 11.5 Å². The number of aromatic nitrogens is 1. The number of amides is 3. The van der Waals surface area contributed by atoms with E-state index in [1.807, 2.05) is 75.3 Å². The quantitative estimate of drug-likeness (QED) is 0.401. The highest BCUT2D eigenvalue weighted by Crippen LogP contribution is 2.35. The Morgan fingerprint density at radius 1 is 1.00 bits per heavy atom. The van der Waals surface area contributed by atoms with E-state index in [4.69, 9.17) is 11.5 Å². The molecule has 200 valence electrons. The molecule has 10 heteroatoms.